The normalized spacial score (nSPS) is 17.0. The standard InChI is InChI=1S/C15H23N3O2/c16-15(17-20)14-8-4-1-5-12(14)11-18(9-10-19)13-6-2-3-7-13/h1,4-5,8,13,19-20H,2-3,6-7,9-11H2,(H2,16,17). The predicted octanol–water partition coefficient (Wildman–Crippen LogP) is 1.52. The first-order valence-corrected chi connectivity index (χ1v) is 7.17. The molecular formula is C15H23N3O2. The Morgan fingerprint density at radius 2 is 2.00 bits per heavy atom. The van der Waals surface area contributed by atoms with Crippen molar-refractivity contribution >= 4 is 5.84 Å². The van der Waals surface area contributed by atoms with Crippen molar-refractivity contribution in [1.82, 2.24) is 4.90 Å². The van der Waals surface area contributed by atoms with Gasteiger partial charge in [0.15, 0.2) is 5.84 Å². The fourth-order valence-electron chi connectivity index (χ4n) is 2.97. The number of nitrogens with two attached hydrogens (primary N) is 1. The molecule has 0 bridgehead atoms. The zero-order valence-corrected chi connectivity index (χ0v) is 11.7. The van der Waals surface area contributed by atoms with Crippen LogP contribution in [-0.2, 0) is 6.54 Å². The van der Waals surface area contributed by atoms with Crippen molar-refractivity contribution in [3.63, 3.8) is 0 Å². The molecule has 0 saturated heterocycles. The molecule has 0 atom stereocenters. The molecule has 5 heteroatoms. The number of aliphatic hydroxyl groups is 1. The van der Waals surface area contributed by atoms with Crippen LogP contribution in [0.1, 0.15) is 36.8 Å². The van der Waals surface area contributed by atoms with E-state index < -0.39 is 0 Å². The Bertz CT molecular complexity index is 456. The summed E-state index contributed by atoms with van der Waals surface area (Å²) in [5.74, 6) is 0.135. The summed E-state index contributed by atoms with van der Waals surface area (Å²) in [5, 5.41) is 21.2. The maximum atomic E-state index is 9.27. The number of aliphatic hydroxyl groups excluding tert-OH is 1. The Morgan fingerprint density at radius 3 is 2.65 bits per heavy atom. The second-order valence-corrected chi connectivity index (χ2v) is 5.27. The third kappa shape index (κ3) is 3.49. The maximum absolute atomic E-state index is 9.27. The van der Waals surface area contributed by atoms with Gasteiger partial charge in [-0.05, 0) is 18.4 Å². The smallest absolute Gasteiger partial charge is 0.170 e. The topological polar surface area (TPSA) is 82.1 Å². The van der Waals surface area contributed by atoms with Gasteiger partial charge in [0.1, 0.15) is 0 Å². The lowest BCUT2D eigenvalue weighted by molar-refractivity contribution is 0.144. The summed E-state index contributed by atoms with van der Waals surface area (Å²) >= 11 is 0. The van der Waals surface area contributed by atoms with Crippen LogP contribution < -0.4 is 5.73 Å². The average Bonchev–Trinajstić information content (AvgIpc) is 3.00. The Hall–Kier alpha value is -1.59. The molecule has 0 aromatic heterocycles. The van der Waals surface area contributed by atoms with E-state index >= 15 is 0 Å². The highest BCUT2D eigenvalue weighted by Gasteiger charge is 2.23. The van der Waals surface area contributed by atoms with E-state index in [2.05, 4.69) is 10.1 Å². The molecule has 0 heterocycles. The Balaban J connectivity index is 2.17. The van der Waals surface area contributed by atoms with Crippen molar-refractivity contribution in [3.05, 3.63) is 35.4 Å². The van der Waals surface area contributed by atoms with Crippen LogP contribution in [0.2, 0.25) is 0 Å². The van der Waals surface area contributed by atoms with Crippen molar-refractivity contribution in [2.24, 2.45) is 10.9 Å². The van der Waals surface area contributed by atoms with Crippen LogP contribution in [0.3, 0.4) is 0 Å². The molecule has 110 valence electrons. The highest BCUT2D eigenvalue weighted by atomic mass is 16.4. The van der Waals surface area contributed by atoms with E-state index in [1.54, 1.807) is 0 Å². The quantitative estimate of drug-likeness (QED) is 0.319. The van der Waals surface area contributed by atoms with Gasteiger partial charge in [-0.2, -0.15) is 0 Å². The van der Waals surface area contributed by atoms with Gasteiger partial charge >= 0.3 is 0 Å². The Kier molecular flexibility index (Phi) is 5.38. The van der Waals surface area contributed by atoms with Crippen molar-refractivity contribution in [1.29, 1.82) is 0 Å². The average molecular weight is 277 g/mol. The number of oxime groups is 1. The van der Waals surface area contributed by atoms with Gasteiger partial charge in [-0.1, -0.05) is 42.3 Å². The van der Waals surface area contributed by atoms with Crippen molar-refractivity contribution in [2.75, 3.05) is 13.2 Å². The van der Waals surface area contributed by atoms with Crippen LogP contribution in [0.5, 0.6) is 0 Å². The SMILES string of the molecule is NC(=NO)c1ccccc1CN(CCO)C1CCCC1. The molecule has 1 saturated carbocycles. The summed E-state index contributed by atoms with van der Waals surface area (Å²) in [6.07, 6.45) is 4.89. The van der Waals surface area contributed by atoms with Crippen LogP contribution >= 0.6 is 0 Å². The van der Waals surface area contributed by atoms with Gasteiger partial charge in [0.2, 0.25) is 0 Å². The summed E-state index contributed by atoms with van der Waals surface area (Å²) in [6, 6.07) is 8.21. The molecule has 1 fully saturated rings. The zero-order valence-electron chi connectivity index (χ0n) is 11.7. The third-order valence-corrected chi connectivity index (χ3v) is 4.00. The highest BCUT2D eigenvalue weighted by molar-refractivity contribution is 5.98. The fourth-order valence-corrected chi connectivity index (χ4v) is 2.97. The summed E-state index contributed by atoms with van der Waals surface area (Å²) < 4.78 is 0. The Morgan fingerprint density at radius 1 is 1.30 bits per heavy atom. The second kappa shape index (κ2) is 7.26. The molecule has 2 rings (SSSR count). The van der Waals surface area contributed by atoms with Gasteiger partial charge in [-0.3, -0.25) is 4.90 Å². The van der Waals surface area contributed by atoms with E-state index in [1.165, 1.54) is 25.7 Å². The number of amidine groups is 1. The van der Waals surface area contributed by atoms with Gasteiger partial charge < -0.3 is 16.0 Å². The van der Waals surface area contributed by atoms with Crippen LogP contribution in [0.4, 0.5) is 0 Å². The first-order chi connectivity index (χ1) is 9.76. The molecule has 0 unspecified atom stereocenters. The third-order valence-electron chi connectivity index (χ3n) is 4.00. The molecule has 1 aromatic carbocycles. The molecule has 0 spiro atoms. The number of hydrogen-bond acceptors (Lipinski definition) is 4. The number of nitrogens with zero attached hydrogens (tertiary/aromatic N) is 2. The maximum Gasteiger partial charge on any atom is 0.170 e. The monoisotopic (exact) mass is 277 g/mol. The minimum absolute atomic E-state index is 0.135. The highest BCUT2D eigenvalue weighted by Crippen LogP contribution is 2.25. The number of rotatable bonds is 6. The summed E-state index contributed by atoms with van der Waals surface area (Å²) in [4.78, 5) is 2.30. The van der Waals surface area contributed by atoms with Crippen LogP contribution in [-0.4, -0.2) is 40.2 Å². The Labute approximate surface area is 119 Å². The van der Waals surface area contributed by atoms with E-state index in [-0.39, 0.29) is 12.4 Å². The molecule has 20 heavy (non-hydrogen) atoms. The molecule has 5 nitrogen and oxygen atoms in total. The fraction of sp³-hybridized carbons (Fsp3) is 0.533. The number of benzene rings is 1. The first kappa shape index (κ1) is 14.8. The minimum atomic E-state index is 0.135. The van der Waals surface area contributed by atoms with Gasteiger partial charge in [0, 0.05) is 24.7 Å². The first-order valence-electron chi connectivity index (χ1n) is 7.17. The molecule has 0 aliphatic heterocycles. The van der Waals surface area contributed by atoms with E-state index in [1.807, 2.05) is 24.3 Å². The molecule has 1 aromatic rings. The van der Waals surface area contributed by atoms with E-state index in [9.17, 15) is 5.11 Å². The molecule has 1 aliphatic rings. The van der Waals surface area contributed by atoms with Crippen molar-refractivity contribution in [2.45, 2.75) is 38.3 Å². The van der Waals surface area contributed by atoms with Crippen molar-refractivity contribution in [3.8, 4) is 0 Å². The lowest BCUT2D eigenvalue weighted by Crippen LogP contribution is -2.35. The van der Waals surface area contributed by atoms with Crippen LogP contribution in [0.25, 0.3) is 0 Å². The molecule has 4 N–H and O–H groups in total. The zero-order chi connectivity index (χ0) is 14.4. The van der Waals surface area contributed by atoms with E-state index in [0.29, 0.717) is 12.6 Å². The van der Waals surface area contributed by atoms with Gasteiger partial charge in [-0.15, -0.1) is 0 Å². The van der Waals surface area contributed by atoms with E-state index in [0.717, 1.165) is 17.7 Å². The van der Waals surface area contributed by atoms with Gasteiger partial charge in [0.25, 0.3) is 0 Å². The lowest BCUT2D eigenvalue weighted by atomic mass is 10.0. The van der Waals surface area contributed by atoms with Gasteiger partial charge in [-0.25, -0.2) is 0 Å². The van der Waals surface area contributed by atoms with Crippen LogP contribution in [0, 0.1) is 0 Å². The molecule has 0 amide bonds. The second-order valence-electron chi connectivity index (χ2n) is 5.27. The largest absolute Gasteiger partial charge is 0.409 e. The number of hydrogen-bond donors (Lipinski definition) is 3. The molecular weight excluding hydrogens is 254 g/mol. The van der Waals surface area contributed by atoms with E-state index in [4.69, 9.17) is 10.9 Å². The lowest BCUT2D eigenvalue weighted by Gasteiger charge is -2.28. The predicted molar refractivity (Wildman–Crippen MR) is 78.7 cm³/mol. The van der Waals surface area contributed by atoms with Gasteiger partial charge in [0.05, 0.1) is 6.61 Å². The minimum Gasteiger partial charge on any atom is -0.409 e. The van der Waals surface area contributed by atoms with Crippen LogP contribution in [0.15, 0.2) is 29.4 Å². The summed E-state index contributed by atoms with van der Waals surface area (Å²) in [7, 11) is 0. The summed E-state index contributed by atoms with van der Waals surface area (Å²) in [5.41, 5.74) is 7.52. The molecule has 0 radical (unpaired) electrons. The van der Waals surface area contributed by atoms with Crippen molar-refractivity contribution < 1.29 is 10.3 Å². The molecule has 1 aliphatic carbocycles. The summed E-state index contributed by atoms with van der Waals surface area (Å²) in [6.45, 7) is 1.54.